The smallest absolute Gasteiger partial charge is 0.122 e. The third kappa shape index (κ3) is 3.30. The zero-order valence-corrected chi connectivity index (χ0v) is 13.0. The summed E-state index contributed by atoms with van der Waals surface area (Å²) in [6, 6.07) is 4.37. The quantitative estimate of drug-likeness (QED) is 0.883. The summed E-state index contributed by atoms with van der Waals surface area (Å²) >= 11 is 0. The van der Waals surface area contributed by atoms with Gasteiger partial charge in [0, 0.05) is 17.4 Å². The van der Waals surface area contributed by atoms with E-state index in [0.29, 0.717) is 0 Å². The Balaban J connectivity index is 2.13. The zero-order chi connectivity index (χ0) is 14.0. The van der Waals surface area contributed by atoms with E-state index in [4.69, 9.17) is 4.74 Å². The number of methoxy groups -OCH3 is 1. The van der Waals surface area contributed by atoms with Gasteiger partial charge in [0.15, 0.2) is 0 Å². The van der Waals surface area contributed by atoms with Crippen molar-refractivity contribution >= 4 is 0 Å². The number of ether oxygens (including phenoxy) is 1. The number of likely N-dealkylation sites (tertiary alicyclic amines) is 1. The molecule has 1 aliphatic heterocycles. The van der Waals surface area contributed by atoms with Crippen molar-refractivity contribution in [3.63, 3.8) is 0 Å². The predicted octanol–water partition coefficient (Wildman–Crippen LogP) is 2.37. The van der Waals surface area contributed by atoms with E-state index in [2.05, 4.69) is 39.8 Å². The summed E-state index contributed by atoms with van der Waals surface area (Å²) in [5.41, 5.74) is 4.17. The van der Waals surface area contributed by atoms with Crippen LogP contribution >= 0.6 is 0 Å². The fourth-order valence-corrected chi connectivity index (χ4v) is 3.60. The van der Waals surface area contributed by atoms with Crippen LogP contribution in [-0.4, -0.2) is 20.2 Å². The van der Waals surface area contributed by atoms with Crippen LogP contribution in [0.1, 0.15) is 37.0 Å². The molecule has 1 aromatic rings. The maximum atomic E-state index is 5.40. The van der Waals surface area contributed by atoms with E-state index in [-0.39, 0.29) is 0 Å². The Morgan fingerprint density at radius 3 is 2.32 bits per heavy atom. The number of benzene rings is 1. The first kappa shape index (κ1) is 14.4. The maximum Gasteiger partial charge on any atom is 0.122 e. The summed E-state index contributed by atoms with van der Waals surface area (Å²) < 4.78 is 5.40. The van der Waals surface area contributed by atoms with E-state index >= 15 is 0 Å². The molecule has 1 N–H and O–H groups in total. The maximum absolute atomic E-state index is 5.40. The molecule has 2 rings (SSSR count). The molecule has 0 aromatic heterocycles. The molecule has 3 atom stereocenters. The average Bonchev–Trinajstić information content (AvgIpc) is 2.34. The van der Waals surface area contributed by atoms with Gasteiger partial charge in [-0.25, -0.2) is 0 Å². The van der Waals surface area contributed by atoms with Gasteiger partial charge in [-0.05, 0) is 43.5 Å². The molecule has 0 saturated carbocycles. The normalized spacial score (nSPS) is 27.3. The lowest BCUT2D eigenvalue weighted by Gasteiger charge is -2.32. The summed E-state index contributed by atoms with van der Waals surface area (Å²) in [7, 11) is 1.75. The number of quaternary nitrogens is 1. The van der Waals surface area contributed by atoms with Crippen molar-refractivity contribution in [1.29, 1.82) is 0 Å². The molecule has 106 valence electrons. The summed E-state index contributed by atoms with van der Waals surface area (Å²) in [5.74, 6) is 2.73. The van der Waals surface area contributed by atoms with Gasteiger partial charge in [0.2, 0.25) is 0 Å². The van der Waals surface area contributed by atoms with Gasteiger partial charge in [0.1, 0.15) is 12.3 Å². The Bertz CT molecular complexity index is 431. The molecular weight excluding hydrogens is 234 g/mol. The van der Waals surface area contributed by atoms with E-state index < -0.39 is 0 Å². The van der Waals surface area contributed by atoms with Crippen molar-refractivity contribution in [1.82, 2.24) is 0 Å². The Labute approximate surface area is 117 Å². The van der Waals surface area contributed by atoms with Gasteiger partial charge < -0.3 is 9.64 Å². The van der Waals surface area contributed by atoms with Gasteiger partial charge in [-0.2, -0.15) is 0 Å². The minimum atomic E-state index is 0.860. The molecule has 1 saturated heterocycles. The lowest BCUT2D eigenvalue weighted by atomic mass is 9.91. The number of piperidine rings is 1. The van der Waals surface area contributed by atoms with Crippen LogP contribution in [0.25, 0.3) is 0 Å². The number of rotatable bonds is 3. The topological polar surface area (TPSA) is 13.7 Å². The monoisotopic (exact) mass is 262 g/mol. The molecule has 0 bridgehead atoms. The van der Waals surface area contributed by atoms with Gasteiger partial charge in [0.25, 0.3) is 0 Å². The summed E-state index contributed by atoms with van der Waals surface area (Å²) in [4.78, 5) is 1.74. The van der Waals surface area contributed by atoms with Crippen molar-refractivity contribution in [2.75, 3.05) is 20.2 Å². The van der Waals surface area contributed by atoms with E-state index in [1.807, 2.05) is 0 Å². The van der Waals surface area contributed by atoms with Crippen molar-refractivity contribution in [2.45, 2.75) is 40.7 Å². The highest BCUT2D eigenvalue weighted by Gasteiger charge is 2.25. The van der Waals surface area contributed by atoms with Crippen LogP contribution < -0.4 is 9.64 Å². The van der Waals surface area contributed by atoms with Gasteiger partial charge in [-0.15, -0.1) is 0 Å². The third-order valence-corrected chi connectivity index (χ3v) is 4.59. The molecule has 0 spiro atoms. The molecule has 19 heavy (non-hydrogen) atoms. The second-order valence-electron chi connectivity index (χ2n) is 6.46. The van der Waals surface area contributed by atoms with E-state index in [1.165, 1.54) is 36.2 Å². The molecule has 2 heteroatoms. The summed E-state index contributed by atoms with van der Waals surface area (Å²) in [5, 5.41) is 0. The van der Waals surface area contributed by atoms with Crippen molar-refractivity contribution in [2.24, 2.45) is 11.8 Å². The standard InChI is InChI=1S/C17H27NO/c1-12-8-13(2)10-18(9-12)11-16-6-7-17(19-5)15(4)14(16)3/h6-7,12-13H,8-11H2,1-5H3/p+1/t12-,13+. The minimum Gasteiger partial charge on any atom is -0.496 e. The van der Waals surface area contributed by atoms with Crippen LogP contribution in [0.5, 0.6) is 5.75 Å². The number of hydrogen-bond acceptors (Lipinski definition) is 1. The molecule has 0 radical (unpaired) electrons. The van der Waals surface area contributed by atoms with Crippen LogP contribution in [0.3, 0.4) is 0 Å². The molecule has 0 amide bonds. The van der Waals surface area contributed by atoms with Gasteiger partial charge in [-0.1, -0.05) is 13.8 Å². The zero-order valence-electron chi connectivity index (χ0n) is 13.0. The Kier molecular flexibility index (Phi) is 4.51. The molecule has 1 heterocycles. The number of nitrogens with one attached hydrogen (secondary N) is 1. The number of hydrogen-bond donors (Lipinski definition) is 1. The largest absolute Gasteiger partial charge is 0.496 e. The predicted molar refractivity (Wildman–Crippen MR) is 79.8 cm³/mol. The van der Waals surface area contributed by atoms with Gasteiger partial charge in [0.05, 0.1) is 20.2 Å². The molecule has 0 aliphatic carbocycles. The molecule has 1 aliphatic rings. The van der Waals surface area contributed by atoms with Crippen LogP contribution in [0.2, 0.25) is 0 Å². The molecule has 2 nitrogen and oxygen atoms in total. The molecule has 1 aromatic carbocycles. The fraction of sp³-hybridized carbons (Fsp3) is 0.647. The highest BCUT2D eigenvalue weighted by atomic mass is 16.5. The van der Waals surface area contributed by atoms with Crippen LogP contribution in [-0.2, 0) is 6.54 Å². The van der Waals surface area contributed by atoms with E-state index in [1.54, 1.807) is 12.0 Å². The fourth-order valence-electron chi connectivity index (χ4n) is 3.60. The van der Waals surface area contributed by atoms with Crippen molar-refractivity contribution in [3.05, 3.63) is 28.8 Å². The SMILES string of the molecule is COc1ccc(C[NH+]2C[C@H](C)C[C@H](C)C2)c(C)c1C. The molecular formula is C17H28NO+. The first-order chi connectivity index (χ1) is 9.01. The Morgan fingerprint density at radius 2 is 1.74 bits per heavy atom. The first-order valence-corrected chi connectivity index (χ1v) is 7.47. The first-order valence-electron chi connectivity index (χ1n) is 7.47. The second kappa shape index (κ2) is 5.96. The summed E-state index contributed by atoms with van der Waals surface area (Å²) in [6.45, 7) is 13.0. The van der Waals surface area contributed by atoms with E-state index in [9.17, 15) is 0 Å². The average molecular weight is 262 g/mol. The lowest BCUT2D eigenvalue weighted by Crippen LogP contribution is -3.13. The summed E-state index contributed by atoms with van der Waals surface area (Å²) in [6.07, 6.45) is 1.39. The minimum absolute atomic E-state index is 0.860. The molecule has 1 unspecified atom stereocenters. The van der Waals surface area contributed by atoms with Gasteiger partial charge in [-0.3, -0.25) is 0 Å². The van der Waals surface area contributed by atoms with Crippen LogP contribution in [0.15, 0.2) is 12.1 Å². The van der Waals surface area contributed by atoms with Crippen molar-refractivity contribution in [3.8, 4) is 5.75 Å². The van der Waals surface area contributed by atoms with Crippen molar-refractivity contribution < 1.29 is 9.64 Å². The molecule has 1 fully saturated rings. The van der Waals surface area contributed by atoms with E-state index in [0.717, 1.165) is 24.1 Å². The highest BCUT2D eigenvalue weighted by molar-refractivity contribution is 5.43. The second-order valence-corrected chi connectivity index (χ2v) is 6.46. The Hall–Kier alpha value is -1.02. The third-order valence-electron chi connectivity index (χ3n) is 4.59. The van der Waals surface area contributed by atoms with Crippen LogP contribution in [0.4, 0.5) is 0 Å². The van der Waals surface area contributed by atoms with Gasteiger partial charge >= 0.3 is 0 Å². The van der Waals surface area contributed by atoms with Crippen LogP contribution in [0, 0.1) is 25.7 Å². The Morgan fingerprint density at radius 1 is 1.11 bits per heavy atom. The highest BCUT2D eigenvalue weighted by Crippen LogP contribution is 2.23. The lowest BCUT2D eigenvalue weighted by molar-refractivity contribution is -0.925.